The molecule has 0 spiro atoms. The highest BCUT2D eigenvalue weighted by molar-refractivity contribution is 7.80. The van der Waals surface area contributed by atoms with Crippen LogP contribution in [-0.2, 0) is 0 Å². The smallest absolute Gasteiger partial charge is 0.173 e. The predicted molar refractivity (Wildman–Crippen MR) is 115 cm³/mol. The largest absolute Gasteiger partial charge is 0.497 e. The molecule has 0 aromatic heterocycles. The summed E-state index contributed by atoms with van der Waals surface area (Å²) in [6.45, 7) is 7.98. The Bertz CT molecular complexity index is 817. The van der Waals surface area contributed by atoms with Crippen molar-refractivity contribution in [1.82, 2.24) is 4.90 Å². The van der Waals surface area contributed by atoms with E-state index in [1.54, 1.807) is 14.2 Å². The van der Waals surface area contributed by atoms with Gasteiger partial charge in [0.05, 0.1) is 19.9 Å². The summed E-state index contributed by atoms with van der Waals surface area (Å²) in [6.07, 6.45) is 0. The van der Waals surface area contributed by atoms with Crippen molar-refractivity contribution in [2.45, 2.75) is 13.8 Å². The molecule has 0 amide bonds. The van der Waals surface area contributed by atoms with E-state index in [2.05, 4.69) is 47.2 Å². The van der Waals surface area contributed by atoms with Crippen LogP contribution in [0.3, 0.4) is 0 Å². The second-order valence-corrected chi connectivity index (χ2v) is 7.15. The van der Waals surface area contributed by atoms with Gasteiger partial charge in [-0.25, -0.2) is 0 Å². The summed E-state index contributed by atoms with van der Waals surface area (Å²) < 4.78 is 10.7. The monoisotopic (exact) mass is 385 g/mol. The van der Waals surface area contributed by atoms with Crippen LogP contribution in [0.4, 0.5) is 11.4 Å². The number of hydrogen-bond acceptors (Lipinski definition) is 4. The number of thiocarbonyl (C=S) groups is 1. The molecule has 1 aliphatic rings. The Morgan fingerprint density at radius 3 is 2.33 bits per heavy atom. The van der Waals surface area contributed by atoms with Crippen molar-refractivity contribution in [2.24, 2.45) is 0 Å². The maximum Gasteiger partial charge on any atom is 0.173 e. The highest BCUT2D eigenvalue weighted by Crippen LogP contribution is 2.29. The molecule has 1 heterocycles. The van der Waals surface area contributed by atoms with Crippen LogP contribution in [0.5, 0.6) is 11.5 Å². The molecule has 2 aromatic rings. The third-order valence-electron chi connectivity index (χ3n) is 4.91. The number of methoxy groups -OCH3 is 2. The molecule has 3 rings (SSSR count). The van der Waals surface area contributed by atoms with Gasteiger partial charge in [-0.2, -0.15) is 0 Å². The van der Waals surface area contributed by atoms with E-state index in [1.807, 2.05) is 18.2 Å². The molecule has 27 heavy (non-hydrogen) atoms. The van der Waals surface area contributed by atoms with Gasteiger partial charge in [-0.3, -0.25) is 0 Å². The SMILES string of the molecule is COc1ccc(NC(=S)N2CCN(c3ccc(C)cc3C)CC2)c(OC)c1. The molecule has 0 unspecified atom stereocenters. The molecule has 0 atom stereocenters. The summed E-state index contributed by atoms with van der Waals surface area (Å²) in [5.74, 6) is 1.47. The van der Waals surface area contributed by atoms with Crippen LogP contribution in [0.1, 0.15) is 11.1 Å². The summed E-state index contributed by atoms with van der Waals surface area (Å²) in [5.41, 5.74) is 4.79. The van der Waals surface area contributed by atoms with E-state index in [0.717, 1.165) is 42.7 Å². The van der Waals surface area contributed by atoms with E-state index in [-0.39, 0.29) is 0 Å². The van der Waals surface area contributed by atoms with Crippen LogP contribution in [0.2, 0.25) is 0 Å². The minimum Gasteiger partial charge on any atom is -0.497 e. The molecular formula is C21H27N3O2S. The van der Waals surface area contributed by atoms with Gasteiger partial charge in [0, 0.05) is 37.9 Å². The Balaban J connectivity index is 1.62. The molecule has 1 aliphatic heterocycles. The minimum absolute atomic E-state index is 0.714. The van der Waals surface area contributed by atoms with Gasteiger partial charge < -0.3 is 24.6 Å². The van der Waals surface area contributed by atoms with Gasteiger partial charge in [0.1, 0.15) is 11.5 Å². The van der Waals surface area contributed by atoms with Crippen LogP contribution >= 0.6 is 12.2 Å². The molecule has 0 saturated carbocycles. The Kier molecular flexibility index (Phi) is 6.06. The first-order valence-electron chi connectivity index (χ1n) is 9.12. The zero-order valence-electron chi connectivity index (χ0n) is 16.4. The number of piperazine rings is 1. The van der Waals surface area contributed by atoms with E-state index in [9.17, 15) is 0 Å². The van der Waals surface area contributed by atoms with Gasteiger partial charge in [0.15, 0.2) is 5.11 Å². The van der Waals surface area contributed by atoms with Gasteiger partial charge >= 0.3 is 0 Å². The first-order chi connectivity index (χ1) is 13.0. The van der Waals surface area contributed by atoms with Crippen molar-refractivity contribution >= 4 is 28.7 Å². The number of nitrogens with one attached hydrogen (secondary N) is 1. The number of rotatable bonds is 4. The average Bonchev–Trinajstić information content (AvgIpc) is 2.68. The quantitative estimate of drug-likeness (QED) is 0.806. The summed E-state index contributed by atoms with van der Waals surface area (Å²) >= 11 is 5.63. The van der Waals surface area contributed by atoms with Crippen LogP contribution in [0.15, 0.2) is 36.4 Å². The van der Waals surface area contributed by atoms with Gasteiger partial charge in [0.2, 0.25) is 0 Å². The Morgan fingerprint density at radius 1 is 0.963 bits per heavy atom. The molecular weight excluding hydrogens is 358 g/mol. The molecule has 5 nitrogen and oxygen atoms in total. The molecule has 1 N–H and O–H groups in total. The predicted octanol–water partition coefficient (Wildman–Crippen LogP) is 3.84. The molecule has 0 bridgehead atoms. The summed E-state index contributed by atoms with van der Waals surface area (Å²) in [5, 5.41) is 4.04. The molecule has 0 radical (unpaired) electrons. The van der Waals surface area contributed by atoms with Gasteiger partial charge in [0.25, 0.3) is 0 Å². The van der Waals surface area contributed by atoms with Gasteiger partial charge in [-0.15, -0.1) is 0 Å². The Morgan fingerprint density at radius 2 is 1.70 bits per heavy atom. The fourth-order valence-electron chi connectivity index (χ4n) is 3.41. The lowest BCUT2D eigenvalue weighted by molar-refractivity contribution is 0.388. The summed E-state index contributed by atoms with van der Waals surface area (Å²) in [7, 11) is 3.29. The van der Waals surface area contributed by atoms with E-state index in [0.29, 0.717) is 5.75 Å². The van der Waals surface area contributed by atoms with E-state index < -0.39 is 0 Å². The number of anilines is 2. The van der Waals surface area contributed by atoms with Crippen LogP contribution in [0, 0.1) is 13.8 Å². The molecule has 0 aliphatic carbocycles. The first-order valence-corrected chi connectivity index (χ1v) is 9.53. The zero-order valence-corrected chi connectivity index (χ0v) is 17.2. The lowest BCUT2D eigenvalue weighted by Gasteiger charge is -2.38. The first kappa shape index (κ1) is 19.3. The zero-order chi connectivity index (χ0) is 19.4. The number of ether oxygens (including phenoxy) is 2. The standard InChI is InChI=1S/C21H27N3O2S/c1-15-5-8-19(16(2)13-15)23-9-11-24(12-10-23)21(27)22-18-7-6-17(25-3)14-20(18)26-4/h5-8,13-14H,9-12H2,1-4H3,(H,22,27). The van der Waals surface area contributed by atoms with E-state index >= 15 is 0 Å². The Hall–Kier alpha value is -2.47. The fourth-order valence-corrected chi connectivity index (χ4v) is 3.70. The van der Waals surface area contributed by atoms with Crippen molar-refractivity contribution in [2.75, 3.05) is 50.6 Å². The lowest BCUT2D eigenvalue weighted by Crippen LogP contribution is -2.50. The molecule has 2 aromatic carbocycles. The highest BCUT2D eigenvalue weighted by Gasteiger charge is 2.21. The fraction of sp³-hybridized carbons (Fsp3) is 0.381. The number of aryl methyl sites for hydroxylation is 2. The number of hydrogen-bond donors (Lipinski definition) is 1. The third-order valence-corrected chi connectivity index (χ3v) is 5.27. The van der Waals surface area contributed by atoms with Gasteiger partial charge in [-0.1, -0.05) is 17.7 Å². The number of benzene rings is 2. The normalized spacial score (nSPS) is 14.1. The maximum atomic E-state index is 5.63. The van der Waals surface area contributed by atoms with E-state index in [4.69, 9.17) is 21.7 Å². The lowest BCUT2D eigenvalue weighted by atomic mass is 10.1. The minimum atomic E-state index is 0.714. The topological polar surface area (TPSA) is 37.0 Å². The van der Waals surface area contributed by atoms with Gasteiger partial charge in [-0.05, 0) is 49.8 Å². The average molecular weight is 386 g/mol. The van der Waals surface area contributed by atoms with Crippen molar-refractivity contribution in [3.63, 3.8) is 0 Å². The molecule has 1 saturated heterocycles. The van der Waals surface area contributed by atoms with E-state index in [1.165, 1.54) is 16.8 Å². The van der Waals surface area contributed by atoms with Crippen molar-refractivity contribution in [3.8, 4) is 11.5 Å². The van der Waals surface area contributed by atoms with Crippen molar-refractivity contribution in [3.05, 3.63) is 47.5 Å². The second kappa shape index (κ2) is 8.48. The number of nitrogens with zero attached hydrogens (tertiary/aromatic N) is 2. The van der Waals surface area contributed by atoms with Crippen LogP contribution in [-0.4, -0.2) is 50.4 Å². The highest BCUT2D eigenvalue weighted by atomic mass is 32.1. The Labute approximate surface area is 166 Å². The summed E-state index contributed by atoms with van der Waals surface area (Å²) in [4.78, 5) is 4.64. The molecule has 144 valence electrons. The van der Waals surface area contributed by atoms with Crippen molar-refractivity contribution in [1.29, 1.82) is 0 Å². The molecule has 1 fully saturated rings. The van der Waals surface area contributed by atoms with Crippen LogP contribution < -0.4 is 19.7 Å². The molecule has 6 heteroatoms. The second-order valence-electron chi connectivity index (χ2n) is 6.76. The third kappa shape index (κ3) is 4.45. The van der Waals surface area contributed by atoms with Crippen molar-refractivity contribution < 1.29 is 9.47 Å². The van der Waals surface area contributed by atoms with Crippen LogP contribution in [0.25, 0.3) is 0 Å². The maximum absolute atomic E-state index is 5.63. The summed E-state index contributed by atoms with van der Waals surface area (Å²) in [6, 6.07) is 12.3.